The summed E-state index contributed by atoms with van der Waals surface area (Å²) in [4.78, 5) is 0. The van der Waals surface area contributed by atoms with Crippen molar-refractivity contribution in [3.63, 3.8) is 0 Å². The molecule has 0 saturated carbocycles. The number of aromatic nitrogens is 2. The molecule has 0 unspecified atom stereocenters. The zero-order chi connectivity index (χ0) is 37.0. The van der Waals surface area contributed by atoms with E-state index < -0.39 is 52.4 Å². The van der Waals surface area contributed by atoms with Crippen molar-refractivity contribution < 1.29 is 53.1 Å². The second kappa shape index (κ2) is 14.5. The third-order valence-electron chi connectivity index (χ3n) is 11.2. The second-order valence-electron chi connectivity index (χ2n) is 14.2. The predicted octanol–water partition coefficient (Wildman–Crippen LogP) is 8.06. The van der Waals surface area contributed by atoms with Crippen LogP contribution in [0.3, 0.4) is 0 Å². The Morgan fingerprint density at radius 2 is 1.00 bits per heavy atom. The van der Waals surface area contributed by atoms with Crippen LogP contribution in [0, 0.1) is 51.0 Å². The molecule has 0 N–H and O–H groups in total. The first-order valence-corrected chi connectivity index (χ1v) is 21.2. The van der Waals surface area contributed by atoms with Crippen LogP contribution in [0.1, 0.15) is 70.5 Å². The fraction of sp³-hybridized carbons (Fsp3) is 0.333. The summed E-state index contributed by atoms with van der Waals surface area (Å²) in [6.07, 6.45) is 10.7. The van der Waals surface area contributed by atoms with Gasteiger partial charge in [-0.2, -0.15) is 0 Å². The van der Waals surface area contributed by atoms with Gasteiger partial charge in [-0.3, -0.25) is 0 Å². The molecule has 276 valence electrons. The quantitative estimate of drug-likeness (QED) is 0.121. The monoisotopic (exact) mass is 762 g/mol. The van der Waals surface area contributed by atoms with E-state index in [2.05, 4.69) is 0 Å². The van der Waals surface area contributed by atoms with E-state index in [1.165, 1.54) is 24.3 Å². The Hall–Kier alpha value is -3.77. The second-order valence-corrected chi connectivity index (χ2v) is 20.1. The van der Waals surface area contributed by atoms with Crippen LogP contribution in [0.5, 0.6) is 0 Å². The number of halogens is 4. The molecule has 0 amide bonds. The van der Waals surface area contributed by atoms with Crippen LogP contribution in [0.2, 0.25) is 0 Å². The molecule has 0 radical (unpaired) electrons. The molecular formula is C42H42F4N2O4Ti. The van der Waals surface area contributed by atoms with Crippen LogP contribution >= 0.6 is 0 Å². The van der Waals surface area contributed by atoms with Crippen molar-refractivity contribution in [3.8, 4) is 0 Å². The first kappa shape index (κ1) is 36.2. The Morgan fingerprint density at radius 1 is 0.604 bits per heavy atom. The number of allylic oxidation sites excluding steroid dienone is 8. The maximum atomic E-state index is 17.6. The van der Waals surface area contributed by atoms with E-state index in [1.807, 2.05) is 85.4 Å². The van der Waals surface area contributed by atoms with E-state index in [0.717, 1.165) is 33.9 Å². The van der Waals surface area contributed by atoms with Crippen molar-refractivity contribution in [2.45, 2.75) is 66.2 Å². The van der Waals surface area contributed by atoms with Gasteiger partial charge in [0.1, 0.15) is 0 Å². The van der Waals surface area contributed by atoms with Crippen LogP contribution in [0.15, 0.2) is 80.6 Å². The summed E-state index contributed by atoms with van der Waals surface area (Å²) in [5.41, 5.74) is 5.56. The van der Waals surface area contributed by atoms with Crippen molar-refractivity contribution in [3.05, 3.63) is 149 Å². The topological polar surface area (TPSA) is 46.8 Å². The SMILES string of the molecule is Cc1cc(C2OCCO2)c(C)n1Cc1ccc(F)[c]([Ti]([C]2=CC=CC2)([C]2=CC=CC2)[c]2c(F)ccc(Cn3c(C)cc(C4OCCO4)c3C)c2F)c1F. The Morgan fingerprint density at radius 3 is 1.36 bits per heavy atom. The molecule has 0 spiro atoms. The van der Waals surface area contributed by atoms with Crippen LogP contribution in [-0.2, 0) is 48.6 Å². The summed E-state index contributed by atoms with van der Waals surface area (Å²) in [6, 6.07) is 9.33. The predicted molar refractivity (Wildman–Crippen MR) is 191 cm³/mol. The van der Waals surface area contributed by atoms with Crippen LogP contribution in [-0.4, -0.2) is 35.6 Å². The first-order chi connectivity index (χ1) is 25.6. The summed E-state index contributed by atoms with van der Waals surface area (Å²) >= 11 is -5.05. The summed E-state index contributed by atoms with van der Waals surface area (Å²) in [5.74, 6) is -3.14. The number of nitrogens with zero attached hydrogens (tertiary/aromatic N) is 2. The maximum absolute atomic E-state index is 17.6. The average molecular weight is 763 g/mol. The molecule has 2 aliphatic carbocycles. The molecule has 2 fully saturated rings. The van der Waals surface area contributed by atoms with Crippen molar-refractivity contribution in [2.24, 2.45) is 0 Å². The first-order valence-electron chi connectivity index (χ1n) is 18.1. The van der Waals surface area contributed by atoms with Crippen molar-refractivity contribution in [1.82, 2.24) is 9.13 Å². The zero-order valence-electron chi connectivity index (χ0n) is 30.3. The Balaban J connectivity index is 1.30. The summed E-state index contributed by atoms with van der Waals surface area (Å²) in [7, 11) is 0. The van der Waals surface area contributed by atoms with Gasteiger partial charge in [0.2, 0.25) is 0 Å². The van der Waals surface area contributed by atoms with Gasteiger partial charge in [0.15, 0.2) is 0 Å². The van der Waals surface area contributed by atoms with Crippen LogP contribution < -0.4 is 7.74 Å². The molecule has 8 rings (SSSR count). The summed E-state index contributed by atoms with van der Waals surface area (Å²) in [5, 5.41) is 0. The van der Waals surface area contributed by atoms with E-state index in [1.54, 1.807) is 0 Å². The number of ether oxygens (including phenoxy) is 4. The van der Waals surface area contributed by atoms with Gasteiger partial charge in [0, 0.05) is 0 Å². The molecule has 4 aliphatic rings. The van der Waals surface area contributed by atoms with Gasteiger partial charge in [-0.25, -0.2) is 0 Å². The van der Waals surface area contributed by atoms with Gasteiger partial charge in [-0.05, 0) is 0 Å². The molecule has 11 heteroatoms. The van der Waals surface area contributed by atoms with Crippen LogP contribution in [0.25, 0.3) is 0 Å². The number of hydrogen-bond donors (Lipinski definition) is 0. The molecule has 2 aromatic carbocycles. The summed E-state index contributed by atoms with van der Waals surface area (Å²) < 4.78 is 96.6. The normalized spacial score (nSPS) is 17.9. The number of aryl methyl sites for hydroxylation is 2. The van der Waals surface area contributed by atoms with Gasteiger partial charge in [-0.1, -0.05) is 0 Å². The molecule has 0 atom stereocenters. The molecular weight excluding hydrogens is 720 g/mol. The van der Waals surface area contributed by atoms with E-state index in [9.17, 15) is 0 Å². The van der Waals surface area contributed by atoms with Gasteiger partial charge in [-0.15, -0.1) is 0 Å². The minimum absolute atomic E-state index is 0.0877. The summed E-state index contributed by atoms with van der Waals surface area (Å²) in [6.45, 7) is 9.79. The Kier molecular flexibility index (Phi) is 9.89. The third kappa shape index (κ3) is 6.08. The Labute approximate surface area is 310 Å². The molecule has 4 heterocycles. The fourth-order valence-electron chi connectivity index (χ4n) is 8.58. The molecule has 2 aliphatic heterocycles. The Bertz CT molecular complexity index is 2060. The zero-order valence-corrected chi connectivity index (χ0v) is 31.8. The van der Waals surface area contributed by atoms with E-state index in [0.29, 0.717) is 47.0 Å². The standard InChI is InChI=1S/2C16H16F2NO2.2C5H5.Ti/c2*1-10-7-14(16-20-5-6-21-16)11(2)19(10)9-12-3-4-13(17)8-15(12)18;2*1-2-4-5-3-1;/h2*3-4,7,16H,5-6,9H2,1-2H3;2*1-3H,4H2;. The minimum atomic E-state index is -5.05. The molecule has 53 heavy (non-hydrogen) atoms. The molecule has 6 nitrogen and oxygen atoms in total. The number of rotatable bonds is 10. The molecule has 2 saturated heterocycles. The molecule has 4 aromatic rings. The van der Waals surface area contributed by atoms with Crippen molar-refractivity contribution >= 4 is 7.74 Å². The van der Waals surface area contributed by atoms with E-state index in [-0.39, 0.29) is 32.0 Å². The van der Waals surface area contributed by atoms with Gasteiger partial charge in [0.25, 0.3) is 0 Å². The number of benzene rings is 2. The molecule has 0 bridgehead atoms. The number of hydrogen-bond acceptors (Lipinski definition) is 4. The third-order valence-corrected chi connectivity index (χ3v) is 19.2. The van der Waals surface area contributed by atoms with Crippen molar-refractivity contribution in [2.75, 3.05) is 26.4 Å². The van der Waals surface area contributed by atoms with E-state index in [4.69, 9.17) is 18.9 Å². The molecule has 2 aromatic heterocycles. The van der Waals surface area contributed by atoms with Gasteiger partial charge < -0.3 is 0 Å². The average Bonchev–Trinajstić information content (AvgIpc) is 4.00. The van der Waals surface area contributed by atoms with Crippen LogP contribution in [0.4, 0.5) is 17.6 Å². The van der Waals surface area contributed by atoms with Gasteiger partial charge >= 0.3 is 312 Å². The fourth-order valence-corrected chi connectivity index (χ4v) is 16.9. The van der Waals surface area contributed by atoms with Gasteiger partial charge in [0.05, 0.1) is 0 Å². The van der Waals surface area contributed by atoms with Crippen molar-refractivity contribution in [1.29, 1.82) is 0 Å². The van der Waals surface area contributed by atoms with E-state index >= 15 is 17.6 Å².